The Morgan fingerprint density at radius 2 is 1.90 bits per heavy atom. The zero-order valence-electron chi connectivity index (χ0n) is 10.9. The Balaban J connectivity index is 2.11. The van der Waals surface area contributed by atoms with Gasteiger partial charge in [0, 0.05) is 31.2 Å². The molecule has 1 unspecified atom stereocenters. The molecule has 20 heavy (non-hydrogen) atoms. The predicted molar refractivity (Wildman–Crippen MR) is 90.8 cm³/mol. The maximum Gasteiger partial charge on any atom is 0.128 e. The Morgan fingerprint density at radius 3 is 2.60 bits per heavy atom. The van der Waals surface area contributed by atoms with E-state index in [2.05, 4.69) is 49.3 Å². The molecule has 0 aliphatic heterocycles. The third kappa shape index (κ3) is 4.32. The standard InChI is InChI=1S/C15H14Br2FNS/c1-19-15(13-8-11(17)5-6-14(13)18)9-20-12-4-2-3-10(16)7-12/h2-8,15,19H,9H2,1H3. The highest BCUT2D eigenvalue weighted by Crippen LogP contribution is 2.29. The van der Waals surface area contributed by atoms with Gasteiger partial charge in [-0.05, 0) is 43.4 Å². The van der Waals surface area contributed by atoms with Gasteiger partial charge in [0.2, 0.25) is 0 Å². The average molecular weight is 419 g/mol. The van der Waals surface area contributed by atoms with Crippen LogP contribution in [-0.2, 0) is 0 Å². The van der Waals surface area contributed by atoms with Gasteiger partial charge in [0.25, 0.3) is 0 Å². The van der Waals surface area contributed by atoms with Crippen molar-refractivity contribution in [2.75, 3.05) is 12.8 Å². The summed E-state index contributed by atoms with van der Waals surface area (Å²) in [4.78, 5) is 1.16. The molecule has 2 aromatic rings. The van der Waals surface area contributed by atoms with Crippen LogP contribution in [0.3, 0.4) is 0 Å². The van der Waals surface area contributed by atoms with E-state index in [4.69, 9.17) is 0 Å². The van der Waals surface area contributed by atoms with Gasteiger partial charge in [-0.25, -0.2) is 4.39 Å². The summed E-state index contributed by atoms with van der Waals surface area (Å²) in [6.07, 6.45) is 0. The molecule has 0 aromatic heterocycles. The number of nitrogens with one attached hydrogen (secondary N) is 1. The molecule has 0 bridgehead atoms. The molecule has 0 radical (unpaired) electrons. The number of hydrogen-bond donors (Lipinski definition) is 1. The number of benzene rings is 2. The van der Waals surface area contributed by atoms with Crippen molar-refractivity contribution in [3.63, 3.8) is 0 Å². The number of halogens is 3. The van der Waals surface area contributed by atoms with Crippen molar-refractivity contribution >= 4 is 43.6 Å². The lowest BCUT2D eigenvalue weighted by Gasteiger charge is -2.17. The van der Waals surface area contributed by atoms with Gasteiger partial charge in [-0.2, -0.15) is 0 Å². The molecule has 0 fully saturated rings. The van der Waals surface area contributed by atoms with E-state index < -0.39 is 0 Å². The first-order valence-electron chi connectivity index (χ1n) is 6.10. The van der Waals surface area contributed by atoms with Crippen LogP contribution in [0.4, 0.5) is 4.39 Å². The minimum atomic E-state index is -0.178. The van der Waals surface area contributed by atoms with E-state index in [0.717, 1.165) is 19.6 Å². The molecule has 1 N–H and O–H groups in total. The molecule has 0 saturated heterocycles. The maximum absolute atomic E-state index is 13.9. The minimum absolute atomic E-state index is 0.0310. The fourth-order valence-electron chi connectivity index (χ4n) is 1.85. The van der Waals surface area contributed by atoms with E-state index in [1.54, 1.807) is 17.8 Å². The molecular formula is C15H14Br2FNS. The second kappa shape index (κ2) is 7.59. The Hall–Kier alpha value is -0.360. The van der Waals surface area contributed by atoms with Crippen molar-refractivity contribution in [1.82, 2.24) is 5.32 Å². The van der Waals surface area contributed by atoms with Crippen LogP contribution in [0.15, 0.2) is 56.3 Å². The monoisotopic (exact) mass is 417 g/mol. The number of hydrogen-bond acceptors (Lipinski definition) is 2. The molecule has 0 spiro atoms. The third-order valence-corrected chi connectivity index (χ3v) is 4.97. The molecule has 5 heteroatoms. The maximum atomic E-state index is 13.9. The molecule has 106 valence electrons. The van der Waals surface area contributed by atoms with Crippen molar-refractivity contribution in [2.24, 2.45) is 0 Å². The van der Waals surface area contributed by atoms with Gasteiger partial charge in [-0.1, -0.05) is 37.9 Å². The zero-order chi connectivity index (χ0) is 14.5. The second-order valence-electron chi connectivity index (χ2n) is 4.28. The molecule has 2 aromatic carbocycles. The number of thioether (sulfide) groups is 1. The van der Waals surface area contributed by atoms with E-state index in [0.29, 0.717) is 5.56 Å². The van der Waals surface area contributed by atoms with Crippen molar-refractivity contribution < 1.29 is 4.39 Å². The molecule has 1 atom stereocenters. The van der Waals surface area contributed by atoms with Crippen LogP contribution in [0.5, 0.6) is 0 Å². The molecule has 2 rings (SSSR count). The van der Waals surface area contributed by atoms with Crippen LogP contribution >= 0.6 is 43.6 Å². The van der Waals surface area contributed by atoms with Crippen molar-refractivity contribution in [1.29, 1.82) is 0 Å². The molecule has 0 aliphatic rings. The topological polar surface area (TPSA) is 12.0 Å². The van der Waals surface area contributed by atoms with Crippen LogP contribution in [0.2, 0.25) is 0 Å². The molecule has 0 aliphatic carbocycles. The Kier molecular flexibility index (Phi) is 6.08. The highest BCUT2D eigenvalue weighted by atomic mass is 79.9. The van der Waals surface area contributed by atoms with Gasteiger partial charge >= 0.3 is 0 Å². The lowest BCUT2D eigenvalue weighted by atomic mass is 10.1. The van der Waals surface area contributed by atoms with Crippen molar-refractivity contribution in [2.45, 2.75) is 10.9 Å². The SMILES string of the molecule is CNC(CSc1cccc(Br)c1)c1cc(Br)ccc1F. The van der Waals surface area contributed by atoms with Crippen molar-refractivity contribution in [3.8, 4) is 0 Å². The number of rotatable bonds is 5. The van der Waals surface area contributed by atoms with Gasteiger partial charge in [0.15, 0.2) is 0 Å². The molecule has 0 saturated carbocycles. The fraction of sp³-hybridized carbons (Fsp3) is 0.200. The average Bonchev–Trinajstić information content (AvgIpc) is 2.43. The van der Waals surface area contributed by atoms with E-state index in [9.17, 15) is 4.39 Å². The van der Waals surface area contributed by atoms with Crippen LogP contribution in [0, 0.1) is 5.82 Å². The lowest BCUT2D eigenvalue weighted by Crippen LogP contribution is -2.20. The third-order valence-electron chi connectivity index (χ3n) is 2.89. The summed E-state index contributed by atoms with van der Waals surface area (Å²) in [5.74, 6) is 0.586. The quantitative estimate of drug-likeness (QED) is 0.652. The van der Waals surface area contributed by atoms with Crippen LogP contribution < -0.4 is 5.32 Å². The summed E-state index contributed by atoms with van der Waals surface area (Å²) in [5, 5.41) is 3.18. The van der Waals surface area contributed by atoms with E-state index >= 15 is 0 Å². The molecule has 1 nitrogen and oxygen atoms in total. The molecule has 0 heterocycles. The van der Waals surface area contributed by atoms with Crippen LogP contribution in [0.25, 0.3) is 0 Å². The minimum Gasteiger partial charge on any atom is -0.312 e. The lowest BCUT2D eigenvalue weighted by molar-refractivity contribution is 0.565. The summed E-state index contributed by atoms with van der Waals surface area (Å²) >= 11 is 8.55. The Morgan fingerprint density at radius 1 is 1.15 bits per heavy atom. The van der Waals surface area contributed by atoms with Gasteiger partial charge in [-0.15, -0.1) is 11.8 Å². The van der Waals surface area contributed by atoms with E-state index in [1.165, 1.54) is 6.07 Å². The Bertz CT molecular complexity index is 592. The Labute approximate surface area is 139 Å². The van der Waals surface area contributed by atoms with Crippen molar-refractivity contribution in [3.05, 3.63) is 62.8 Å². The normalized spacial score (nSPS) is 12.4. The smallest absolute Gasteiger partial charge is 0.128 e. The molecule has 0 amide bonds. The van der Waals surface area contributed by atoms with Gasteiger partial charge in [0.1, 0.15) is 5.82 Å². The van der Waals surface area contributed by atoms with Gasteiger partial charge in [-0.3, -0.25) is 0 Å². The summed E-state index contributed by atoms with van der Waals surface area (Å²) in [7, 11) is 1.85. The summed E-state index contributed by atoms with van der Waals surface area (Å²) in [5.41, 5.74) is 0.685. The second-order valence-corrected chi connectivity index (χ2v) is 7.20. The fourth-order valence-corrected chi connectivity index (χ4v) is 3.87. The van der Waals surface area contributed by atoms with Gasteiger partial charge < -0.3 is 5.32 Å². The first-order chi connectivity index (χ1) is 9.60. The summed E-state index contributed by atoms with van der Waals surface area (Å²) in [6.45, 7) is 0. The predicted octanol–water partition coefficient (Wildman–Crippen LogP) is 5.40. The first kappa shape index (κ1) is 16.0. The van der Waals surface area contributed by atoms with Crippen LogP contribution in [-0.4, -0.2) is 12.8 Å². The highest BCUT2D eigenvalue weighted by molar-refractivity contribution is 9.10. The molecular weight excluding hydrogens is 405 g/mol. The largest absolute Gasteiger partial charge is 0.312 e. The van der Waals surface area contributed by atoms with E-state index in [1.807, 2.05) is 25.2 Å². The van der Waals surface area contributed by atoms with E-state index in [-0.39, 0.29) is 11.9 Å². The summed E-state index contributed by atoms with van der Waals surface area (Å²) < 4.78 is 15.9. The van der Waals surface area contributed by atoms with Gasteiger partial charge in [0.05, 0.1) is 0 Å². The van der Waals surface area contributed by atoms with Crippen LogP contribution in [0.1, 0.15) is 11.6 Å². The zero-order valence-corrected chi connectivity index (χ0v) is 14.9. The highest BCUT2D eigenvalue weighted by Gasteiger charge is 2.14. The first-order valence-corrected chi connectivity index (χ1v) is 8.68. The summed E-state index contributed by atoms with van der Waals surface area (Å²) in [6, 6.07) is 13.1.